The average molecular weight is 426 g/mol. The molecule has 2 atom stereocenters. The molecule has 0 spiro atoms. The lowest BCUT2D eigenvalue weighted by molar-refractivity contribution is 0.200. The number of imidazole rings is 1. The van der Waals surface area contributed by atoms with Crippen LogP contribution in [0.4, 0.5) is 0 Å². The van der Waals surface area contributed by atoms with Crippen LogP contribution in [0, 0.1) is 5.92 Å². The molecule has 1 aromatic carbocycles. The second-order valence-electron chi connectivity index (χ2n) is 8.92. The second kappa shape index (κ2) is 9.04. The van der Waals surface area contributed by atoms with Crippen molar-refractivity contribution >= 4 is 23.4 Å². The molecular formula is C24H32ClN5. The Morgan fingerprint density at radius 1 is 1.13 bits per heavy atom. The van der Waals surface area contributed by atoms with Crippen molar-refractivity contribution in [3.63, 3.8) is 0 Å². The Kier molecular flexibility index (Phi) is 6.42. The summed E-state index contributed by atoms with van der Waals surface area (Å²) < 4.78 is 2.48. The zero-order chi connectivity index (χ0) is 19.8. The molecule has 0 N–H and O–H groups in total. The summed E-state index contributed by atoms with van der Waals surface area (Å²) in [5.74, 6) is 1.89. The SMILES string of the molecule is CN1CCC(Cn2c(CN(C)C3CCCc4cccnc43)nc3ccccc32)C1.Cl. The van der Waals surface area contributed by atoms with Gasteiger partial charge in [0.25, 0.3) is 0 Å². The van der Waals surface area contributed by atoms with Crippen molar-refractivity contribution in [2.45, 2.75) is 44.8 Å². The van der Waals surface area contributed by atoms with E-state index in [-0.39, 0.29) is 12.4 Å². The van der Waals surface area contributed by atoms with E-state index in [1.165, 1.54) is 55.0 Å². The highest BCUT2D eigenvalue weighted by Gasteiger charge is 2.27. The highest BCUT2D eigenvalue weighted by Crippen LogP contribution is 2.33. The monoisotopic (exact) mass is 425 g/mol. The fraction of sp³-hybridized carbons (Fsp3) is 0.500. The molecule has 2 aliphatic rings. The van der Waals surface area contributed by atoms with Crippen LogP contribution in [0.5, 0.6) is 0 Å². The highest BCUT2D eigenvalue weighted by atomic mass is 35.5. The molecule has 30 heavy (non-hydrogen) atoms. The van der Waals surface area contributed by atoms with Gasteiger partial charge in [0.2, 0.25) is 0 Å². The molecule has 5 nitrogen and oxygen atoms in total. The maximum atomic E-state index is 5.05. The molecule has 2 unspecified atom stereocenters. The first kappa shape index (κ1) is 21.3. The number of aryl methyl sites for hydroxylation is 1. The van der Waals surface area contributed by atoms with E-state index in [1.807, 2.05) is 6.20 Å². The number of hydrogen-bond donors (Lipinski definition) is 0. The number of para-hydroxylation sites is 2. The number of benzene rings is 1. The van der Waals surface area contributed by atoms with Gasteiger partial charge in [-0.3, -0.25) is 9.88 Å². The normalized spacial score (nSPS) is 21.7. The molecule has 1 saturated heterocycles. The van der Waals surface area contributed by atoms with Crippen molar-refractivity contribution in [2.24, 2.45) is 5.92 Å². The van der Waals surface area contributed by atoms with E-state index < -0.39 is 0 Å². The lowest BCUT2D eigenvalue weighted by Crippen LogP contribution is -2.30. The maximum absolute atomic E-state index is 5.05. The third-order valence-corrected chi connectivity index (χ3v) is 6.75. The third kappa shape index (κ3) is 4.11. The van der Waals surface area contributed by atoms with E-state index in [0.717, 1.165) is 25.0 Å². The van der Waals surface area contributed by atoms with Crippen LogP contribution >= 0.6 is 12.4 Å². The van der Waals surface area contributed by atoms with E-state index in [4.69, 9.17) is 9.97 Å². The number of pyridine rings is 1. The molecule has 1 fully saturated rings. The highest BCUT2D eigenvalue weighted by molar-refractivity contribution is 5.85. The first-order chi connectivity index (χ1) is 14.2. The summed E-state index contributed by atoms with van der Waals surface area (Å²) in [5.41, 5.74) is 5.07. The van der Waals surface area contributed by atoms with Gasteiger partial charge in [0.1, 0.15) is 5.82 Å². The predicted octanol–water partition coefficient (Wildman–Crippen LogP) is 4.31. The Morgan fingerprint density at radius 3 is 2.83 bits per heavy atom. The predicted molar refractivity (Wildman–Crippen MR) is 124 cm³/mol. The Morgan fingerprint density at radius 2 is 2.00 bits per heavy atom. The van der Waals surface area contributed by atoms with Gasteiger partial charge >= 0.3 is 0 Å². The molecule has 160 valence electrons. The van der Waals surface area contributed by atoms with Gasteiger partial charge in [-0.05, 0) is 76.0 Å². The van der Waals surface area contributed by atoms with Crippen LogP contribution in [0.25, 0.3) is 11.0 Å². The maximum Gasteiger partial charge on any atom is 0.124 e. The molecule has 0 radical (unpaired) electrons. The van der Waals surface area contributed by atoms with Gasteiger partial charge in [-0.2, -0.15) is 0 Å². The van der Waals surface area contributed by atoms with Crippen LogP contribution in [0.15, 0.2) is 42.6 Å². The van der Waals surface area contributed by atoms with Crippen molar-refractivity contribution in [3.05, 3.63) is 59.7 Å². The van der Waals surface area contributed by atoms with E-state index in [0.29, 0.717) is 12.0 Å². The molecule has 1 aliphatic carbocycles. The summed E-state index contributed by atoms with van der Waals surface area (Å²) in [6.45, 7) is 4.31. The minimum absolute atomic E-state index is 0. The van der Waals surface area contributed by atoms with E-state index in [2.05, 4.69) is 64.9 Å². The van der Waals surface area contributed by atoms with Crippen LogP contribution in [0.3, 0.4) is 0 Å². The number of hydrogen-bond acceptors (Lipinski definition) is 4. The zero-order valence-corrected chi connectivity index (χ0v) is 18.8. The molecule has 0 saturated carbocycles. The quantitative estimate of drug-likeness (QED) is 0.610. The molecule has 1 aliphatic heterocycles. The lowest BCUT2D eigenvalue weighted by atomic mass is 9.91. The van der Waals surface area contributed by atoms with Crippen LogP contribution in [0.2, 0.25) is 0 Å². The molecule has 6 heteroatoms. The summed E-state index contributed by atoms with van der Waals surface area (Å²) in [4.78, 5) is 14.7. The lowest BCUT2D eigenvalue weighted by Gasteiger charge is -2.32. The van der Waals surface area contributed by atoms with Gasteiger partial charge in [0.05, 0.1) is 29.3 Å². The van der Waals surface area contributed by atoms with Gasteiger partial charge < -0.3 is 9.47 Å². The molecule has 0 bridgehead atoms. The van der Waals surface area contributed by atoms with Crippen LogP contribution in [-0.4, -0.2) is 51.5 Å². The van der Waals surface area contributed by atoms with E-state index in [1.54, 1.807) is 0 Å². The zero-order valence-electron chi connectivity index (χ0n) is 18.0. The summed E-state index contributed by atoms with van der Waals surface area (Å²) in [7, 11) is 4.47. The summed E-state index contributed by atoms with van der Waals surface area (Å²) >= 11 is 0. The van der Waals surface area contributed by atoms with Crippen molar-refractivity contribution in [1.29, 1.82) is 0 Å². The van der Waals surface area contributed by atoms with Crippen molar-refractivity contribution in [2.75, 3.05) is 27.2 Å². The number of fused-ring (bicyclic) bond motifs is 2. The summed E-state index contributed by atoms with van der Waals surface area (Å²) in [6, 6.07) is 13.3. The molecular weight excluding hydrogens is 394 g/mol. The van der Waals surface area contributed by atoms with Crippen LogP contribution < -0.4 is 0 Å². The minimum Gasteiger partial charge on any atom is -0.327 e. The van der Waals surface area contributed by atoms with Gasteiger partial charge in [0, 0.05) is 19.3 Å². The topological polar surface area (TPSA) is 37.2 Å². The summed E-state index contributed by atoms with van der Waals surface area (Å²) in [5, 5.41) is 0. The first-order valence-electron chi connectivity index (χ1n) is 11.0. The molecule has 3 heterocycles. The van der Waals surface area contributed by atoms with Crippen LogP contribution in [-0.2, 0) is 19.5 Å². The molecule has 3 aromatic rings. The Labute approximate surface area is 185 Å². The van der Waals surface area contributed by atoms with Crippen molar-refractivity contribution in [3.8, 4) is 0 Å². The number of halogens is 1. The standard InChI is InChI=1S/C24H31N5.ClH/c1-27-14-12-18(15-27)16-29-21-10-4-3-9-20(21)26-23(29)17-28(2)22-11-5-7-19-8-6-13-25-24(19)22;/h3-4,6,8-10,13,18,22H,5,7,11-12,14-17H2,1-2H3;1H. The first-order valence-corrected chi connectivity index (χ1v) is 11.0. The Bertz CT molecular complexity index is 1000. The molecule has 2 aromatic heterocycles. The smallest absolute Gasteiger partial charge is 0.124 e. The van der Waals surface area contributed by atoms with Gasteiger partial charge in [-0.15, -0.1) is 12.4 Å². The number of nitrogens with zero attached hydrogens (tertiary/aromatic N) is 5. The van der Waals surface area contributed by atoms with Crippen molar-refractivity contribution < 1.29 is 0 Å². The molecule has 5 rings (SSSR count). The van der Waals surface area contributed by atoms with E-state index >= 15 is 0 Å². The summed E-state index contributed by atoms with van der Waals surface area (Å²) in [6.07, 6.45) is 6.78. The Hall–Kier alpha value is -1.95. The van der Waals surface area contributed by atoms with Gasteiger partial charge in [0.15, 0.2) is 0 Å². The number of rotatable bonds is 5. The fourth-order valence-electron chi connectivity index (χ4n) is 5.23. The van der Waals surface area contributed by atoms with E-state index in [9.17, 15) is 0 Å². The average Bonchev–Trinajstić information content (AvgIpc) is 3.31. The van der Waals surface area contributed by atoms with Crippen molar-refractivity contribution in [1.82, 2.24) is 24.3 Å². The fourth-order valence-corrected chi connectivity index (χ4v) is 5.23. The molecule has 0 amide bonds. The largest absolute Gasteiger partial charge is 0.327 e. The number of aromatic nitrogens is 3. The Balaban J connectivity index is 0.00000218. The van der Waals surface area contributed by atoms with Gasteiger partial charge in [-0.25, -0.2) is 4.98 Å². The minimum atomic E-state index is 0. The number of likely N-dealkylation sites (tertiary alicyclic amines) is 1. The van der Waals surface area contributed by atoms with Gasteiger partial charge in [-0.1, -0.05) is 18.2 Å². The third-order valence-electron chi connectivity index (χ3n) is 6.75. The van der Waals surface area contributed by atoms with Crippen LogP contribution in [0.1, 0.15) is 42.4 Å². The second-order valence-corrected chi connectivity index (χ2v) is 8.92.